The van der Waals surface area contributed by atoms with Gasteiger partial charge in [0.1, 0.15) is 28.7 Å². The van der Waals surface area contributed by atoms with Gasteiger partial charge in [-0.05, 0) is 42.5 Å². The second kappa shape index (κ2) is 5.17. The third-order valence-corrected chi connectivity index (χ3v) is 4.98. The highest BCUT2D eigenvalue weighted by Crippen LogP contribution is 2.57. The highest BCUT2D eigenvalue weighted by atomic mass is 16.6. The Morgan fingerprint density at radius 2 is 1.48 bits per heavy atom. The van der Waals surface area contributed by atoms with Crippen LogP contribution in [0.2, 0.25) is 0 Å². The van der Waals surface area contributed by atoms with E-state index in [0.717, 1.165) is 0 Å². The maximum atomic E-state index is 12.7. The molecule has 3 aromatic rings. The van der Waals surface area contributed by atoms with Gasteiger partial charge in [0, 0.05) is 28.8 Å². The predicted molar refractivity (Wildman–Crippen MR) is 94.6 cm³/mol. The van der Waals surface area contributed by atoms with E-state index in [-0.39, 0.29) is 11.5 Å². The number of carbonyl (C=O) groups excluding carboxylic acids is 1. The Balaban J connectivity index is 1.90. The predicted octanol–water partition coefficient (Wildman–Crippen LogP) is 3.67. The molecule has 2 heterocycles. The minimum atomic E-state index is -1.26. The SMILES string of the molecule is COc1ccc2c(c1)C1(OC2=O)c2ccc(O)cc2Oc2cc(O)ccc21. The zero-order valence-corrected chi connectivity index (χ0v) is 14.2. The molecule has 2 aliphatic rings. The lowest BCUT2D eigenvalue weighted by Gasteiger charge is -2.36. The molecule has 134 valence electrons. The van der Waals surface area contributed by atoms with Crippen molar-refractivity contribution in [1.82, 2.24) is 0 Å². The van der Waals surface area contributed by atoms with Crippen LogP contribution in [-0.2, 0) is 10.3 Å². The van der Waals surface area contributed by atoms with Gasteiger partial charge >= 0.3 is 5.97 Å². The number of benzene rings is 3. The molecule has 0 unspecified atom stereocenters. The standard InChI is InChI=1S/C21H14O6/c1-25-13-4-5-14-17(10-13)21(27-20(14)24)15-6-2-11(22)8-18(15)26-19-9-12(23)3-7-16(19)21/h2-10,22-23H,1H3. The van der Waals surface area contributed by atoms with Crippen LogP contribution in [-0.4, -0.2) is 23.3 Å². The van der Waals surface area contributed by atoms with E-state index in [0.29, 0.717) is 39.5 Å². The van der Waals surface area contributed by atoms with E-state index in [2.05, 4.69) is 0 Å². The molecule has 0 bridgehead atoms. The molecular formula is C21H14O6. The quantitative estimate of drug-likeness (QED) is 0.643. The fourth-order valence-corrected chi connectivity index (χ4v) is 3.80. The Morgan fingerprint density at radius 1 is 0.852 bits per heavy atom. The number of aromatic hydroxyl groups is 2. The average molecular weight is 362 g/mol. The van der Waals surface area contributed by atoms with Crippen molar-refractivity contribution in [1.29, 1.82) is 0 Å². The molecule has 6 heteroatoms. The highest BCUT2D eigenvalue weighted by molar-refractivity contribution is 5.97. The van der Waals surface area contributed by atoms with Gasteiger partial charge in [0.15, 0.2) is 5.60 Å². The highest BCUT2D eigenvalue weighted by Gasteiger charge is 2.53. The maximum absolute atomic E-state index is 12.7. The first kappa shape index (κ1) is 15.6. The number of phenols is 2. The second-order valence-electron chi connectivity index (χ2n) is 6.45. The molecule has 0 radical (unpaired) electrons. The Morgan fingerprint density at radius 3 is 2.07 bits per heavy atom. The van der Waals surface area contributed by atoms with Gasteiger partial charge in [0.25, 0.3) is 0 Å². The topological polar surface area (TPSA) is 85.2 Å². The summed E-state index contributed by atoms with van der Waals surface area (Å²) < 4.78 is 17.2. The van der Waals surface area contributed by atoms with Gasteiger partial charge in [-0.1, -0.05) is 0 Å². The number of phenolic OH excluding ortho intramolecular Hbond substituents is 2. The van der Waals surface area contributed by atoms with Gasteiger partial charge < -0.3 is 24.4 Å². The molecule has 3 aromatic carbocycles. The monoisotopic (exact) mass is 362 g/mol. The molecular weight excluding hydrogens is 348 g/mol. The number of hydrogen-bond donors (Lipinski definition) is 2. The third-order valence-electron chi connectivity index (χ3n) is 4.98. The number of carbonyl (C=O) groups is 1. The first-order valence-corrected chi connectivity index (χ1v) is 8.29. The van der Waals surface area contributed by atoms with Crippen LogP contribution in [0.25, 0.3) is 0 Å². The molecule has 0 aromatic heterocycles. The lowest BCUT2D eigenvalue weighted by Crippen LogP contribution is -2.32. The third kappa shape index (κ3) is 1.98. The van der Waals surface area contributed by atoms with Crippen molar-refractivity contribution >= 4 is 5.97 Å². The van der Waals surface area contributed by atoms with Crippen LogP contribution < -0.4 is 9.47 Å². The summed E-state index contributed by atoms with van der Waals surface area (Å²) in [4.78, 5) is 12.7. The smallest absolute Gasteiger partial charge is 0.340 e. The first-order chi connectivity index (χ1) is 13.0. The summed E-state index contributed by atoms with van der Waals surface area (Å²) in [6.07, 6.45) is 0. The molecule has 2 N–H and O–H groups in total. The average Bonchev–Trinajstić information content (AvgIpc) is 2.94. The second-order valence-corrected chi connectivity index (χ2v) is 6.45. The van der Waals surface area contributed by atoms with E-state index in [1.807, 2.05) is 0 Å². The van der Waals surface area contributed by atoms with Gasteiger partial charge in [-0.3, -0.25) is 0 Å². The lowest BCUT2D eigenvalue weighted by molar-refractivity contribution is 0.0224. The molecule has 6 nitrogen and oxygen atoms in total. The summed E-state index contributed by atoms with van der Waals surface area (Å²) in [7, 11) is 1.55. The van der Waals surface area contributed by atoms with Gasteiger partial charge in [0.2, 0.25) is 0 Å². The van der Waals surface area contributed by atoms with E-state index < -0.39 is 11.6 Å². The van der Waals surface area contributed by atoms with Crippen molar-refractivity contribution in [3.63, 3.8) is 0 Å². The molecule has 5 rings (SSSR count). The van der Waals surface area contributed by atoms with Gasteiger partial charge in [-0.25, -0.2) is 4.79 Å². The van der Waals surface area contributed by atoms with E-state index in [9.17, 15) is 15.0 Å². The largest absolute Gasteiger partial charge is 0.508 e. The lowest BCUT2D eigenvalue weighted by atomic mass is 9.77. The number of esters is 1. The molecule has 27 heavy (non-hydrogen) atoms. The summed E-state index contributed by atoms with van der Waals surface area (Å²) in [5.41, 5.74) is 0.952. The summed E-state index contributed by atoms with van der Waals surface area (Å²) in [5, 5.41) is 19.8. The van der Waals surface area contributed by atoms with Crippen LogP contribution in [0.4, 0.5) is 0 Å². The molecule has 0 aliphatic carbocycles. The molecule has 1 spiro atoms. The molecule has 2 aliphatic heterocycles. The van der Waals surface area contributed by atoms with Crippen LogP contribution in [0.3, 0.4) is 0 Å². The minimum absolute atomic E-state index is 0.0164. The van der Waals surface area contributed by atoms with Crippen molar-refractivity contribution in [2.45, 2.75) is 5.60 Å². The summed E-state index contributed by atoms with van der Waals surface area (Å²) in [5.74, 6) is 0.838. The number of methoxy groups -OCH3 is 1. The van der Waals surface area contributed by atoms with Gasteiger partial charge in [0.05, 0.1) is 12.7 Å². The molecule has 0 amide bonds. The van der Waals surface area contributed by atoms with Crippen molar-refractivity contribution < 1.29 is 29.2 Å². The van der Waals surface area contributed by atoms with Gasteiger partial charge in [-0.15, -0.1) is 0 Å². The fourth-order valence-electron chi connectivity index (χ4n) is 3.80. The van der Waals surface area contributed by atoms with Crippen molar-refractivity contribution in [2.75, 3.05) is 7.11 Å². The Hall–Kier alpha value is -3.67. The summed E-state index contributed by atoms with van der Waals surface area (Å²) in [6.45, 7) is 0. The van der Waals surface area contributed by atoms with Crippen molar-refractivity contribution in [3.05, 3.63) is 76.9 Å². The zero-order valence-electron chi connectivity index (χ0n) is 14.2. The fraction of sp³-hybridized carbons (Fsp3) is 0.0952. The minimum Gasteiger partial charge on any atom is -0.508 e. The Labute approximate surface area is 154 Å². The van der Waals surface area contributed by atoms with E-state index in [1.54, 1.807) is 37.4 Å². The molecule has 0 saturated carbocycles. The van der Waals surface area contributed by atoms with E-state index in [4.69, 9.17) is 14.2 Å². The number of fused-ring (bicyclic) bond motifs is 6. The number of ether oxygens (including phenoxy) is 3. The molecule has 0 atom stereocenters. The van der Waals surface area contributed by atoms with Crippen molar-refractivity contribution in [3.8, 4) is 28.7 Å². The molecule has 0 fully saturated rings. The first-order valence-electron chi connectivity index (χ1n) is 8.29. The van der Waals surface area contributed by atoms with Gasteiger partial charge in [-0.2, -0.15) is 0 Å². The Kier molecular flexibility index (Phi) is 2.98. The normalized spacial score (nSPS) is 15.4. The van der Waals surface area contributed by atoms with Crippen molar-refractivity contribution in [2.24, 2.45) is 0 Å². The van der Waals surface area contributed by atoms with Crippen LogP contribution in [0.15, 0.2) is 54.6 Å². The van der Waals surface area contributed by atoms with Crippen LogP contribution >= 0.6 is 0 Å². The molecule has 0 saturated heterocycles. The van der Waals surface area contributed by atoms with Crippen LogP contribution in [0, 0.1) is 0 Å². The van der Waals surface area contributed by atoms with Crippen LogP contribution in [0.1, 0.15) is 27.0 Å². The Bertz CT molecular complexity index is 1070. The van der Waals surface area contributed by atoms with E-state index in [1.165, 1.54) is 24.3 Å². The number of rotatable bonds is 1. The number of hydrogen-bond acceptors (Lipinski definition) is 6. The summed E-state index contributed by atoms with van der Waals surface area (Å²) in [6, 6.07) is 14.4. The summed E-state index contributed by atoms with van der Waals surface area (Å²) >= 11 is 0. The van der Waals surface area contributed by atoms with Crippen LogP contribution in [0.5, 0.6) is 28.7 Å². The van der Waals surface area contributed by atoms with E-state index >= 15 is 0 Å². The zero-order chi connectivity index (χ0) is 18.8. The maximum Gasteiger partial charge on any atom is 0.340 e.